The third kappa shape index (κ3) is 3.81. The summed E-state index contributed by atoms with van der Waals surface area (Å²) in [5.74, 6) is -1.91. The van der Waals surface area contributed by atoms with E-state index >= 15 is 0 Å². The van der Waals surface area contributed by atoms with E-state index in [2.05, 4.69) is 29.5 Å². The Morgan fingerprint density at radius 2 is 2.09 bits per heavy atom. The topological polar surface area (TPSA) is 141 Å². The summed E-state index contributed by atoms with van der Waals surface area (Å²) in [4.78, 5) is 55.6. The van der Waals surface area contributed by atoms with E-state index in [1.54, 1.807) is 18.1 Å². The highest BCUT2D eigenvalue weighted by Crippen LogP contribution is 2.65. The van der Waals surface area contributed by atoms with Crippen molar-refractivity contribution in [3.05, 3.63) is 30.0 Å². The van der Waals surface area contributed by atoms with Gasteiger partial charge in [-0.15, -0.1) is 0 Å². The Balaban J connectivity index is 1.39. The van der Waals surface area contributed by atoms with Crippen molar-refractivity contribution < 1.29 is 29.0 Å². The molecule has 4 N–H and O–H groups in total. The second-order valence-electron chi connectivity index (χ2n) is 10.4. The third-order valence-electron chi connectivity index (χ3n) is 8.11. The Bertz CT molecular complexity index is 1220. The molecule has 0 radical (unpaired) electrons. The summed E-state index contributed by atoms with van der Waals surface area (Å²) in [5.41, 5.74) is 0.977. The normalized spacial score (nSPS) is 27.3. The van der Waals surface area contributed by atoms with Gasteiger partial charge in [-0.3, -0.25) is 14.4 Å². The summed E-state index contributed by atoms with van der Waals surface area (Å²) in [7, 11) is 1.56. The third-order valence-corrected chi connectivity index (χ3v) is 8.11. The van der Waals surface area contributed by atoms with E-state index in [9.17, 15) is 24.3 Å². The molecule has 1 aliphatic carbocycles. The molecular weight excluding hydrogens is 452 g/mol. The molecule has 5 atom stereocenters. The lowest BCUT2D eigenvalue weighted by molar-refractivity contribution is -0.143. The molecule has 3 aliphatic rings. The first-order valence-electron chi connectivity index (χ1n) is 11.9. The van der Waals surface area contributed by atoms with Crippen LogP contribution in [0.1, 0.15) is 37.2 Å². The fraction of sp³-hybridized carbons (Fsp3) is 0.520. The smallest absolute Gasteiger partial charge is 0.326 e. The minimum Gasteiger partial charge on any atom is -0.496 e. The Morgan fingerprint density at radius 3 is 2.74 bits per heavy atom. The number of aromatic nitrogens is 1. The van der Waals surface area contributed by atoms with Gasteiger partial charge in [0.2, 0.25) is 11.8 Å². The first kappa shape index (κ1) is 23.2. The van der Waals surface area contributed by atoms with E-state index in [-0.39, 0.29) is 35.5 Å². The average molecular weight is 483 g/mol. The maximum absolute atomic E-state index is 13.6. The molecule has 10 nitrogen and oxygen atoms in total. The quantitative estimate of drug-likeness (QED) is 0.470. The van der Waals surface area contributed by atoms with Crippen LogP contribution in [0.3, 0.4) is 0 Å². The zero-order valence-corrected chi connectivity index (χ0v) is 20.0. The summed E-state index contributed by atoms with van der Waals surface area (Å²) < 4.78 is 5.39. The van der Waals surface area contributed by atoms with Crippen LogP contribution in [0.15, 0.2) is 24.3 Å². The maximum Gasteiger partial charge on any atom is 0.326 e. The molecule has 0 spiro atoms. The lowest BCUT2D eigenvalue weighted by atomic mass is 9.96. The lowest BCUT2D eigenvalue weighted by Crippen LogP contribution is -2.54. The molecule has 186 valence electrons. The Hall–Kier alpha value is -3.56. The molecule has 1 saturated carbocycles. The molecule has 2 saturated heterocycles. The number of ether oxygens (including phenoxy) is 1. The van der Waals surface area contributed by atoms with Crippen molar-refractivity contribution in [2.75, 3.05) is 20.2 Å². The lowest BCUT2D eigenvalue weighted by Gasteiger charge is -2.30. The summed E-state index contributed by atoms with van der Waals surface area (Å²) >= 11 is 0. The second-order valence-corrected chi connectivity index (χ2v) is 10.4. The van der Waals surface area contributed by atoms with Gasteiger partial charge in [-0.1, -0.05) is 19.9 Å². The van der Waals surface area contributed by atoms with Gasteiger partial charge in [-0.05, 0) is 48.3 Å². The summed E-state index contributed by atoms with van der Waals surface area (Å²) in [6, 6.07) is 5.22. The number of fused-ring (bicyclic) bond motifs is 2. The number of aromatic amines is 1. The molecule has 2 unspecified atom stereocenters. The van der Waals surface area contributed by atoms with Gasteiger partial charge in [0, 0.05) is 29.9 Å². The molecule has 5 rings (SSSR count). The number of carbonyl (C=O) groups excluding carboxylic acids is 3. The van der Waals surface area contributed by atoms with Gasteiger partial charge in [0.05, 0.1) is 7.11 Å². The fourth-order valence-corrected chi connectivity index (χ4v) is 6.00. The van der Waals surface area contributed by atoms with Crippen LogP contribution in [0.5, 0.6) is 5.75 Å². The van der Waals surface area contributed by atoms with E-state index in [4.69, 9.17) is 4.74 Å². The number of carboxylic acid groups (broad SMARTS) is 1. The predicted molar refractivity (Wildman–Crippen MR) is 126 cm³/mol. The second kappa shape index (κ2) is 8.28. The highest BCUT2D eigenvalue weighted by Gasteiger charge is 2.69. The number of piperidine rings is 1. The summed E-state index contributed by atoms with van der Waals surface area (Å²) in [5, 5.41) is 15.8. The van der Waals surface area contributed by atoms with Gasteiger partial charge in [0.25, 0.3) is 5.91 Å². The van der Waals surface area contributed by atoms with Crippen LogP contribution < -0.4 is 15.4 Å². The Morgan fingerprint density at radius 1 is 1.31 bits per heavy atom. The van der Waals surface area contributed by atoms with Crippen molar-refractivity contribution in [1.82, 2.24) is 20.5 Å². The van der Waals surface area contributed by atoms with Gasteiger partial charge in [-0.25, -0.2) is 4.79 Å². The van der Waals surface area contributed by atoms with Gasteiger partial charge < -0.3 is 30.4 Å². The fourth-order valence-electron chi connectivity index (χ4n) is 6.00. The molecule has 2 aromatic rings. The number of hydrogen-bond acceptors (Lipinski definition) is 5. The van der Waals surface area contributed by atoms with Crippen molar-refractivity contribution in [2.24, 2.45) is 23.2 Å². The number of rotatable bonds is 7. The Labute approximate surface area is 202 Å². The van der Waals surface area contributed by atoms with E-state index in [1.807, 2.05) is 18.2 Å². The van der Waals surface area contributed by atoms with Crippen LogP contribution in [-0.4, -0.2) is 71.0 Å². The largest absolute Gasteiger partial charge is 0.496 e. The first-order chi connectivity index (χ1) is 16.6. The highest BCUT2D eigenvalue weighted by molar-refractivity contribution is 6.02. The van der Waals surface area contributed by atoms with Crippen LogP contribution in [0, 0.1) is 23.2 Å². The average Bonchev–Trinajstić information content (AvgIpc) is 3.33. The number of carbonyl (C=O) groups is 4. The molecule has 3 fully saturated rings. The number of nitrogens with zero attached hydrogens (tertiary/aromatic N) is 1. The van der Waals surface area contributed by atoms with Crippen molar-refractivity contribution in [2.45, 2.75) is 38.8 Å². The molecule has 1 aromatic heterocycles. The van der Waals surface area contributed by atoms with Crippen molar-refractivity contribution in [1.29, 1.82) is 0 Å². The number of benzene rings is 1. The van der Waals surface area contributed by atoms with Crippen LogP contribution in [-0.2, 0) is 14.4 Å². The Kier molecular flexibility index (Phi) is 5.49. The SMILES string of the molecule is COc1cccc2[nH]c(C(=O)N3C[C@H]4C([C@H]3C(=O)NC(C[C@@H]3CCNC3=O)C(=O)O)C4(C)C)cc12. The van der Waals surface area contributed by atoms with Crippen LogP contribution in [0.2, 0.25) is 0 Å². The molecule has 2 aliphatic heterocycles. The van der Waals surface area contributed by atoms with Crippen molar-refractivity contribution in [3.63, 3.8) is 0 Å². The minimum atomic E-state index is -1.20. The summed E-state index contributed by atoms with van der Waals surface area (Å²) in [6.07, 6.45) is 0.557. The number of amides is 3. The van der Waals surface area contributed by atoms with Crippen molar-refractivity contribution >= 4 is 34.6 Å². The van der Waals surface area contributed by atoms with Gasteiger partial charge >= 0.3 is 5.97 Å². The van der Waals surface area contributed by atoms with Crippen molar-refractivity contribution in [3.8, 4) is 5.75 Å². The number of carboxylic acids is 1. The standard InChI is InChI=1S/C25H30N4O6/c1-25(2)14-11-29(23(32)16-10-13-15(27-16)5-4-6-18(13)35-3)20(19(14)25)22(31)28-17(24(33)34)9-12-7-8-26-21(12)30/h4-6,10,12,14,17,19-20,27H,7-9,11H2,1-3H3,(H,26,30)(H,28,31)(H,33,34)/t12-,14-,17?,19?,20-/m0/s1. The number of hydrogen-bond donors (Lipinski definition) is 4. The van der Waals surface area contributed by atoms with Crippen LogP contribution in [0.25, 0.3) is 10.9 Å². The van der Waals surface area contributed by atoms with Crippen LogP contribution in [0.4, 0.5) is 0 Å². The molecule has 3 heterocycles. The highest BCUT2D eigenvalue weighted by atomic mass is 16.5. The predicted octanol–water partition coefficient (Wildman–Crippen LogP) is 1.37. The number of likely N-dealkylation sites (tertiary alicyclic amines) is 1. The number of nitrogens with one attached hydrogen (secondary N) is 3. The molecule has 3 amide bonds. The zero-order valence-electron chi connectivity index (χ0n) is 20.0. The van der Waals surface area contributed by atoms with Gasteiger partial charge in [0.1, 0.15) is 23.5 Å². The number of aliphatic carboxylic acids is 1. The number of H-pyrrole nitrogens is 1. The minimum absolute atomic E-state index is 0.0207. The van der Waals surface area contributed by atoms with E-state index < -0.39 is 29.9 Å². The molecule has 35 heavy (non-hydrogen) atoms. The number of methoxy groups -OCH3 is 1. The maximum atomic E-state index is 13.6. The molecule has 1 aromatic carbocycles. The molecule has 0 bridgehead atoms. The molecule has 10 heteroatoms. The van der Waals surface area contributed by atoms with Gasteiger partial charge in [0.15, 0.2) is 0 Å². The first-order valence-corrected chi connectivity index (χ1v) is 11.9. The molecular formula is C25H30N4O6. The van der Waals surface area contributed by atoms with E-state index in [0.717, 1.165) is 10.9 Å². The summed E-state index contributed by atoms with van der Waals surface area (Å²) in [6.45, 7) is 5.05. The van der Waals surface area contributed by atoms with Gasteiger partial charge in [-0.2, -0.15) is 0 Å². The monoisotopic (exact) mass is 482 g/mol. The zero-order chi connectivity index (χ0) is 25.1. The van der Waals surface area contributed by atoms with E-state index in [0.29, 0.717) is 31.0 Å². The van der Waals surface area contributed by atoms with E-state index in [1.165, 1.54) is 0 Å². The van der Waals surface area contributed by atoms with Crippen LogP contribution >= 0.6 is 0 Å².